The Labute approximate surface area is 200 Å². The lowest BCUT2D eigenvalue weighted by Gasteiger charge is -2.18. The minimum absolute atomic E-state index is 0.0749. The van der Waals surface area contributed by atoms with E-state index in [9.17, 15) is 4.79 Å². The summed E-state index contributed by atoms with van der Waals surface area (Å²) in [4.78, 5) is 14.5. The van der Waals surface area contributed by atoms with E-state index in [1.807, 2.05) is 54.6 Å². The normalized spacial score (nSPS) is 11.3. The molecule has 3 aromatic carbocycles. The van der Waals surface area contributed by atoms with Crippen LogP contribution in [-0.4, -0.2) is 28.1 Å². The van der Waals surface area contributed by atoms with E-state index in [0.717, 1.165) is 11.1 Å². The summed E-state index contributed by atoms with van der Waals surface area (Å²) in [7, 11) is 1.71. The Morgan fingerprint density at radius 3 is 2.38 bits per heavy atom. The van der Waals surface area contributed by atoms with E-state index in [0.29, 0.717) is 29.7 Å². The standard InChI is InChI=1S/C28H29N3O3/c1-28(2,3)23-15-13-21(14-16-23)26-30-29-25(34-26)18-31(4)27(32)22-11-8-12-24(17-22)33-19-20-9-6-5-7-10-20/h5-17H,18-19H2,1-4H3. The SMILES string of the molecule is CN(Cc1nnc(-c2ccc(C(C)(C)C)cc2)o1)C(=O)c1cccc(OCc2ccccc2)c1. The Morgan fingerprint density at radius 1 is 0.941 bits per heavy atom. The zero-order chi connectivity index (χ0) is 24.1. The van der Waals surface area contributed by atoms with Crippen LogP contribution in [0.1, 0.15) is 48.1 Å². The van der Waals surface area contributed by atoms with Crippen molar-refractivity contribution in [3.63, 3.8) is 0 Å². The monoisotopic (exact) mass is 455 g/mol. The Bertz CT molecular complexity index is 1240. The van der Waals surface area contributed by atoms with E-state index < -0.39 is 0 Å². The molecule has 0 aliphatic heterocycles. The first-order valence-electron chi connectivity index (χ1n) is 11.2. The molecule has 0 radical (unpaired) electrons. The minimum atomic E-state index is -0.153. The summed E-state index contributed by atoms with van der Waals surface area (Å²) in [6.45, 7) is 7.16. The second kappa shape index (κ2) is 9.91. The van der Waals surface area contributed by atoms with E-state index in [4.69, 9.17) is 9.15 Å². The average molecular weight is 456 g/mol. The number of amides is 1. The summed E-state index contributed by atoms with van der Waals surface area (Å²) in [5.74, 6) is 1.30. The van der Waals surface area contributed by atoms with Crippen LogP contribution in [0, 0.1) is 0 Å². The van der Waals surface area contributed by atoms with Crippen LogP contribution in [0.15, 0.2) is 83.3 Å². The molecule has 4 aromatic rings. The van der Waals surface area contributed by atoms with Gasteiger partial charge in [0, 0.05) is 18.2 Å². The van der Waals surface area contributed by atoms with Crippen molar-refractivity contribution in [2.45, 2.75) is 39.3 Å². The van der Waals surface area contributed by atoms with Gasteiger partial charge in [-0.2, -0.15) is 0 Å². The molecule has 6 nitrogen and oxygen atoms in total. The Hall–Kier alpha value is -3.93. The zero-order valence-corrected chi connectivity index (χ0v) is 20.0. The molecule has 34 heavy (non-hydrogen) atoms. The first-order valence-corrected chi connectivity index (χ1v) is 11.2. The van der Waals surface area contributed by atoms with Gasteiger partial charge < -0.3 is 14.1 Å². The third-order valence-corrected chi connectivity index (χ3v) is 5.51. The summed E-state index contributed by atoms with van der Waals surface area (Å²) in [6, 6.07) is 25.2. The molecule has 0 saturated heterocycles. The quantitative estimate of drug-likeness (QED) is 0.348. The molecule has 1 aromatic heterocycles. The van der Waals surface area contributed by atoms with Gasteiger partial charge in [-0.3, -0.25) is 4.79 Å². The van der Waals surface area contributed by atoms with Crippen molar-refractivity contribution >= 4 is 5.91 Å². The number of rotatable bonds is 7. The largest absolute Gasteiger partial charge is 0.489 e. The molecule has 4 rings (SSSR count). The predicted molar refractivity (Wildman–Crippen MR) is 131 cm³/mol. The molecule has 0 bridgehead atoms. The lowest BCUT2D eigenvalue weighted by Crippen LogP contribution is -2.26. The maximum absolute atomic E-state index is 13.0. The summed E-state index contributed by atoms with van der Waals surface area (Å²) in [6.07, 6.45) is 0. The molecule has 174 valence electrons. The Balaban J connectivity index is 1.39. The molecule has 0 N–H and O–H groups in total. The molecular weight excluding hydrogens is 426 g/mol. The van der Waals surface area contributed by atoms with Crippen LogP contribution >= 0.6 is 0 Å². The van der Waals surface area contributed by atoms with Gasteiger partial charge in [-0.1, -0.05) is 69.3 Å². The van der Waals surface area contributed by atoms with Crippen molar-refractivity contribution in [3.8, 4) is 17.2 Å². The van der Waals surface area contributed by atoms with Gasteiger partial charge in [-0.25, -0.2) is 0 Å². The van der Waals surface area contributed by atoms with Crippen molar-refractivity contribution in [1.29, 1.82) is 0 Å². The third-order valence-electron chi connectivity index (χ3n) is 5.51. The van der Waals surface area contributed by atoms with Crippen LogP contribution in [0.25, 0.3) is 11.5 Å². The molecule has 0 aliphatic rings. The topological polar surface area (TPSA) is 68.5 Å². The van der Waals surface area contributed by atoms with Gasteiger partial charge in [0.2, 0.25) is 11.8 Å². The molecule has 0 atom stereocenters. The molecule has 0 aliphatic carbocycles. The maximum atomic E-state index is 13.0. The van der Waals surface area contributed by atoms with Crippen molar-refractivity contribution in [3.05, 3.63) is 101 Å². The second-order valence-electron chi connectivity index (χ2n) is 9.29. The number of aromatic nitrogens is 2. The number of nitrogens with zero attached hydrogens (tertiary/aromatic N) is 3. The van der Waals surface area contributed by atoms with Gasteiger partial charge in [0.25, 0.3) is 5.91 Å². The number of ether oxygens (including phenoxy) is 1. The minimum Gasteiger partial charge on any atom is -0.489 e. The first kappa shape index (κ1) is 23.2. The highest BCUT2D eigenvalue weighted by molar-refractivity contribution is 5.94. The molecule has 0 fully saturated rings. The average Bonchev–Trinajstić information content (AvgIpc) is 3.31. The number of benzene rings is 3. The Kier molecular flexibility index (Phi) is 6.77. The van der Waals surface area contributed by atoms with Crippen LogP contribution < -0.4 is 4.74 Å². The highest BCUT2D eigenvalue weighted by Crippen LogP contribution is 2.26. The highest BCUT2D eigenvalue weighted by atomic mass is 16.5. The van der Waals surface area contributed by atoms with E-state index in [2.05, 4.69) is 43.1 Å². The predicted octanol–water partition coefficient (Wildman–Crippen LogP) is 5.89. The van der Waals surface area contributed by atoms with Crippen molar-refractivity contribution in [2.75, 3.05) is 7.05 Å². The first-order chi connectivity index (χ1) is 16.3. The fourth-order valence-electron chi connectivity index (χ4n) is 3.50. The molecule has 0 saturated carbocycles. The van der Waals surface area contributed by atoms with Gasteiger partial charge in [-0.15, -0.1) is 10.2 Å². The number of carbonyl (C=O) groups is 1. The van der Waals surface area contributed by atoms with Crippen molar-refractivity contribution in [1.82, 2.24) is 15.1 Å². The molecule has 0 unspecified atom stereocenters. The van der Waals surface area contributed by atoms with Crippen molar-refractivity contribution < 1.29 is 13.9 Å². The van der Waals surface area contributed by atoms with Gasteiger partial charge in [-0.05, 0) is 46.9 Å². The van der Waals surface area contributed by atoms with Gasteiger partial charge in [0.15, 0.2) is 0 Å². The fourth-order valence-corrected chi connectivity index (χ4v) is 3.50. The molecule has 1 amide bonds. The van der Waals surface area contributed by atoms with Crippen LogP contribution in [-0.2, 0) is 18.6 Å². The molecular formula is C28H29N3O3. The smallest absolute Gasteiger partial charge is 0.254 e. The maximum Gasteiger partial charge on any atom is 0.254 e. The van der Waals surface area contributed by atoms with Crippen molar-refractivity contribution in [2.24, 2.45) is 0 Å². The van der Waals surface area contributed by atoms with E-state index in [1.165, 1.54) is 5.56 Å². The lowest BCUT2D eigenvalue weighted by molar-refractivity contribution is 0.0772. The van der Waals surface area contributed by atoms with Gasteiger partial charge >= 0.3 is 0 Å². The van der Waals surface area contributed by atoms with E-state index in [1.54, 1.807) is 24.1 Å². The van der Waals surface area contributed by atoms with Crippen LogP contribution in [0.5, 0.6) is 5.75 Å². The fraction of sp³-hybridized carbons (Fsp3) is 0.250. The van der Waals surface area contributed by atoms with Gasteiger partial charge in [0.1, 0.15) is 12.4 Å². The van der Waals surface area contributed by atoms with Crippen LogP contribution in [0.4, 0.5) is 0 Å². The molecule has 6 heteroatoms. The highest BCUT2D eigenvalue weighted by Gasteiger charge is 2.18. The third kappa shape index (κ3) is 5.70. The summed E-state index contributed by atoms with van der Waals surface area (Å²) in [5.41, 5.74) is 3.76. The Morgan fingerprint density at radius 2 is 1.68 bits per heavy atom. The van der Waals surface area contributed by atoms with E-state index in [-0.39, 0.29) is 17.9 Å². The summed E-state index contributed by atoms with van der Waals surface area (Å²) in [5, 5.41) is 8.28. The number of hydrogen-bond acceptors (Lipinski definition) is 5. The summed E-state index contributed by atoms with van der Waals surface area (Å²) >= 11 is 0. The lowest BCUT2D eigenvalue weighted by atomic mass is 9.87. The zero-order valence-electron chi connectivity index (χ0n) is 20.0. The molecule has 1 heterocycles. The van der Waals surface area contributed by atoms with Crippen LogP contribution in [0.2, 0.25) is 0 Å². The summed E-state index contributed by atoms with van der Waals surface area (Å²) < 4.78 is 11.7. The van der Waals surface area contributed by atoms with Crippen LogP contribution in [0.3, 0.4) is 0 Å². The second-order valence-corrected chi connectivity index (χ2v) is 9.29. The number of carbonyl (C=O) groups excluding carboxylic acids is 1. The number of hydrogen-bond donors (Lipinski definition) is 0. The van der Waals surface area contributed by atoms with Gasteiger partial charge in [0.05, 0.1) is 6.54 Å². The molecule has 0 spiro atoms. The van der Waals surface area contributed by atoms with E-state index >= 15 is 0 Å².